The molecule has 0 aromatic rings. The second kappa shape index (κ2) is 6.05. The molecule has 13 heavy (non-hydrogen) atoms. The average Bonchev–Trinajstić information content (AvgIpc) is 2.06. The van der Waals surface area contributed by atoms with E-state index in [1.165, 1.54) is 25.7 Å². The van der Waals surface area contributed by atoms with Gasteiger partial charge >= 0.3 is 0 Å². The Bertz CT molecular complexity index is 183. The lowest BCUT2D eigenvalue weighted by molar-refractivity contribution is 0.231. The molecule has 0 heterocycles. The standard InChI is InChI=1S/C12H21N/c1-3-5-9-12(13-10-4-2)11-7-6-8-11/h11-13H,4,6-10H2,1-2H3. The zero-order valence-corrected chi connectivity index (χ0v) is 8.90. The Morgan fingerprint density at radius 1 is 1.46 bits per heavy atom. The Morgan fingerprint density at radius 2 is 2.23 bits per heavy atom. The first-order chi connectivity index (χ1) is 6.38. The van der Waals surface area contributed by atoms with Crippen molar-refractivity contribution in [3.05, 3.63) is 0 Å². The van der Waals surface area contributed by atoms with Crippen LogP contribution in [0.1, 0.15) is 46.0 Å². The van der Waals surface area contributed by atoms with Gasteiger partial charge in [-0.2, -0.15) is 0 Å². The lowest BCUT2D eigenvalue weighted by Crippen LogP contribution is -2.39. The topological polar surface area (TPSA) is 12.0 Å². The van der Waals surface area contributed by atoms with Gasteiger partial charge in [0.05, 0.1) is 0 Å². The van der Waals surface area contributed by atoms with E-state index in [9.17, 15) is 0 Å². The van der Waals surface area contributed by atoms with Crippen LogP contribution in [-0.2, 0) is 0 Å². The van der Waals surface area contributed by atoms with Gasteiger partial charge in [-0.25, -0.2) is 0 Å². The summed E-state index contributed by atoms with van der Waals surface area (Å²) in [5.41, 5.74) is 0. The van der Waals surface area contributed by atoms with Crippen molar-refractivity contribution in [2.24, 2.45) is 5.92 Å². The molecule has 0 amide bonds. The minimum atomic E-state index is 0.668. The second-order valence-electron chi connectivity index (χ2n) is 3.88. The molecule has 0 radical (unpaired) electrons. The zero-order valence-electron chi connectivity index (χ0n) is 8.90. The van der Waals surface area contributed by atoms with Crippen LogP contribution in [-0.4, -0.2) is 12.6 Å². The monoisotopic (exact) mass is 179 g/mol. The number of rotatable bonds is 5. The largest absolute Gasteiger partial charge is 0.313 e. The summed E-state index contributed by atoms with van der Waals surface area (Å²) in [6, 6.07) is 0.668. The third kappa shape index (κ3) is 3.40. The highest BCUT2D eigenvalue weighted by atomic mass is 14.9. The maximum Gasteiger partial charge on any atom is 0.0245 e. The van der Waals surface area contributed by atoms with Crippen LogP contribution in [0.2, 0.25) is 0 Å². The molecule has 1 atom stereocenters. The second-order valence-corrected chi connectivity index (χ2v) is 3.88. The van der Waals surface area contributed by atoms with E-state index in [0.29, 0.717) is 6.04 Å². The summed E-state index contributed by atoms with van der Waals surface area (Å²) >= 11 is 0. The van der Waals surface area contributed by atoms with Crippen molar-refractivity contribution >= 4 is 0 Å². The molecule has 1 heteroatoms. The molecule has 0 saturated heterocycles. The predicted molar refractivity (Wildman–Crippen MR) is 57.5 cm³/mol. The Kier molecular flexibility index (Phi) is 4.93. The maximum absolute atomic E-state index is 3.60. The van der Waals surface area contributed by atoms with Crippen molar-refractivity contribution in [2.75, 3.05) is 6.54 Å². The zero-order chi connectivity index (χ0) is 9.52. The minimum absolute atomic E-state index is 0.668. The SMILES string of the molecule is CC#CCC(NCCC)C1CCC1. The van der Waals surface area contributed by atoms with Gasteiger partial charge in [0.25, 0.3) is 0 Å². The van der Waals surface area contributed by atoms with Crippen molar-refractivity contribution in [3.63, 3.8) is 0 Å². The number of hydrogen-bond donors (Lipinski definition) is 1. The van der Waals surface area contributed by atoms with Gasteiger partial charge in [-0.15, -0.1) is 11.8 Å². The van der Waals surface area contributed by atoms with Gasteiger partial charge in [0.2, 0.25) is 0 Å². The fraction of sp³-hybridized carbons (Fsp3) is 0.833. The normalized spacial score (nSPS) is 18.6. The van der Waals surface area contributed by atoms with Gasteiger partial charge in [-0.05, 0) is 38.6 Å². The molecular weight excluding hydrogens is 158 g/mol. The molecule has 1 aliphatic rings. The molecule has 1 aliphatic carbocycles. The van der Waals surface area contributed by atoms with Crippen molar-refractivity contribution in [3.8, 4) is 11.8 Å². The molecule has 1 fully saturated rings. The van der Waals surface area contributed by atoms with Gasteiger partial charge in [-0.1, -0.05) is 13.3 Å². The van der Waals surface area contributed by atoms with E-state index in [0.717, 1.165) is 18.9 Å². The molecule has 1 N–H and O–H groups in total. The van der Waals surface area contributed by atoms with E-state index in [2.05, 4.69) is 24.1 Å². The van der Waals surface area contributed by atoms with Crippen molar-refractivity contribution < 1.29 is 0 Å². The van der Waals surface area contributed by atoms with Crippen LogP contribution in [0.5, 0.6) is 0 Å². The quantitative estimate of drug-likeness (QED) is 0.640. The highest BCUT2D eigenvalue weighted by molar-refractivity contribution is 5.00. The highest BCUT2D eigenvalue weighted by Crippen LogP contribution is 2.30. The minimum Gasteiger partial charge on any atom is -0.313 e. The molecule has 1 unspecified atom stereocenters. The summed E-state index contributed by atoms with van der Waals surface area (Å²) in [5, 5.41) is 3.60. The van der Waals surface area contributed by atoms with Crippen LogP contribution >= 0.6 is 0 Å². The van der Waals surface area contributed by atoms with E-state index in [-0.39, 0.29) is 0 Å². The molecule has 1 saturated carbocycles. The smallest absolute Gasteiger partial charge is 0.0245 e. The summed E-state index contributed by atoms with van der Waals surface area (Å²) in [4.78, 5) is 0. The summed E-state index contributed by atoms with van der Waals surface area (Å²) in [5.74, 6) is 7.09. The third-order valence-electron chi connectivity index (χ3n) is 2.87. The van der Waals surface area contributed by atoms with Crippen LogP contribution in [0.15, 0.2) is 0 Å². The number of hydrogen-bond acceptors (Lipinski definition) is 1. The van der Waals surface area contributed by atoms with Gasteiger partial charge in [-0.3, -0.25) is 0 Å². The van der Waals surface area contributed by atoms with E-state index in [4.69, 9.17) is 0 Å². The fourth-order valence-electron chi connectivity index (χ4n) is 1.79. The molecule has 0 aliphatic heterocycles. The summed E-state index contributed by atoms with van der Waals surface area (Å²) in [6.07, 6.45) is 6.51. The van der Waals surface area contributed by atoms with E-state index >= 15 is 0 Å². The summed E-state index contributed by atoms with van der Waals surface area (Å²) < 4.78 is 0. The van der Waals surface area contributed by atoms with E-state index in [1.807, 2.05) is 6.92 Å². The summed E-state index contributed by atoms with van der Waals surface area (Å²) in [7, 11) is 0. The predicted octanol–water partition coefficient (Wildman–Crippen LogP) is 2.57. The maximum atomic E-state index is 3.60. The Morgan fingerprint density at radius 3 is 2.69 bits per heavy atom. The fourth-order valence-corrected chi connectivity index (χ4v) is 1.79. The Balaban J connectivity index is 2.27. The van der Waals surface area contributed by atoms with Gasteiger partial charge in [0, 0.05) is 12.5 Å². The van der Waals surface area contributed by atoms with Gasteiger partial charge in [0.1, 0.15) is 0 Å². The molecule has 1 rings (SSSR count). The van der Waals surface area contributed by atoms with Crippen molar-refractivity contribution in [2.45, 2.75) is 52.0 Å². The highest BCUT2D eigenvalue weighted by Gasteiger charge is 2.25. The first kappa shape index (κ1) is 10.6. The van der Waals surface area contributed by atoms with E-state index < -0.39 is 0 Å². The Labute approximate surface area is 82.3 Å². The molecule has 0 spiro atoms. The van der Waals surface area contributed by atoms with E-state index in [1.54, 1.807) is 0 Å². The first-order valence-corrected chi connectivity index (χ1v) is 5.51. The molecule has 0 aromatic heterocycles. The Hall–Kier alpha value is -0.480. The van der Waals surface area contributed by atoms with Crippen LogP contribution < -0.4 is 5.32 Å². The average molecular weight is 179 g/mol. The summed E-state index contributed by atoms with van der Waals surface area (Å²) in [6.45, 7) is 5.29. The van der Waals surface area contributed by atoms with Gasteiger partial charge in [0.15, 0.2) is 0 Å². The van der Waals surface area contributed by atoms with Crippen molar-refractivity contribution in [1.82, 2.24) is 5.32 Å². The molecule has 0 bridgehead atoms. The molecule has 0 aromatic carbocycles. The number of nitrogens with one attached hydrogen (secondary N) is 1. The lowest BCUT2D eigenvalue weighted by Gasteiger charge is -2.33. The van der Waals surface area contributed by atoms with Gasteiger partial charge < -0.3 is 5.32 Å². The van der Waals surface area contributed by atoms with Crippen LogP contribution in [0, 0.1) is 17.8 Å². The van der Waals surface area contributed by atoms with Crippen LogP contribution in [0.4, 0.5) is 0 Å². The van der Waals surface area contributed by atoms with Crippen molar-refractivity contribution in [1.29, 1.82) is 0 Å². The molecule has 1 nitrogen and oxygen atoms in total. The first-order valence-electron chi connectivity index (χ1n) is 5.51. The van der Waals surface area contributed by atoms with Crippen LogP contribution in [0.3, 0.4) is 0 Å². The van der Waals surface area contributed by atoms with Crippen LogP contribution in [0.25, 0.3) is 0 Å². The molecule has 74 valence electrons. The third-order valence-corrected chi connectivity index (χ3v) is 2.87. The lowest BCUT2D eigenvalue weighted by atomic mass is 9.78. The molecular formula is C12H21N.